The van der Waals surface area contributed by atoms with Crippen molar-refractivity contribution >= 4 is 8.02 Å². The zero-order valence-electron chi connectivity index (χ0n) is 8.25. The topological polar surface area (TPSA) is 42.5 Å². The summed E-state index contributed by atoms with van der Waals surface area (Å²) in [4.78, 5) is 0. The minimum Gasteiger partial charge on any atom is -0.171 e. The number of hydrogen-bond donors (Lipinski definition) is 2. The van der Waals surface area contributed by atoms with Crippen molar-refractivity contribution in [3.63, 3.8) is 0 Å². The molecule has 0 aliphatic carbocycles. The Morgan fingerprint density at radius 3 is 1.85 bits per heavy atom. The molecule has 0 bridgehead atoms. The number of hydrogen-bond acceptors (Lipinski definition) is 4. The van der Waals surface area contributed by atoms with Gasteiger partial charge in [-0.3, -0.25) is 0 Å². The highest BCUT2D eigenvalue weighted by Crippen LogP contribution is 2.60. The minimum atomic E-state index is -1.84. The summed E-state index contributed by atoms with van der Waals surface area (Å²) in [6.45, 7) is 5.90. The largest absolute Gasteiger partial charge is 0.431 e. The van der Waals surface area contributed by atoms with Crippen LogP contribution in [0.1, 0.15) is 26.7 Å². The molecule has 0 saturated carbocycles. The van der Waals surface area contributed by atoms with Gasteiger partial charge in [-0.15, -0.1) is 10.2 Å². The first-order valence-electron chi connectivity index (χ1n) is 5.01. The lowest BCUT2D eigenvalue weighted by molar-refractivity contribution is 0.272. The molecule has 13 heavy (non-hydrogen) atoms. The van der Waals surface area contributed by atoms with Crippen molar-refractivity contribution in [2.75, 3.05) is 13.2 Å². The van der Waals surface area contributed by atoms with Gasteiger partial charge in [0.15, 0.2) is 0 Å². The van der Waals surface area contributed by atoms with Crippen LogP contribution in [0.2, 0.25) is 0 Å². The van der Waals surface area contributed by atoms with Crippen LogP contribution in [0.4, 0.5) is 0 Å². The average molecular weight is 205 g/mol. The van der Waals surface area contributed by atoms with Crippen LogP contribution in [0.25, 0.3) is 0 Å². The molecule has 2 aliphatic heterocycles. The second-order valence-electron chi connectivity index (χ2n) is 3.61. The third-order valence-corrected chi connectivity index (χ3v) is 5.04. The van der Waals surface area contributed by atoms with E-state index in [4.69, 9.17) is 9.05 Å². The third-order valence-electron chi connectivity index (χ3n) is 2.61. The Labute approximate surface area is 80.0 Å². The van der Waals surface area contributed by atoms with E-state index in [0.29, 0.717) is 12.1 Å². The van der Waals surface area contributed by atoms with Gasteiger partial charge in [0.2, 0.25) is 0 Å². The Morgan fingerprint density at radius 2 is 1.54 bits per heavy atom. The van der Waals surface area contributed by atoms with E-state index in [1.165, 1.54) is 0 Å². The average Bonchev–Trinajstić information content (AvgIpc) is 2.74. The molecule has 0 radical (unpaired) electrons. The third kappa shape index (κ3) is 1.88. The van der Waals surface area contributed by atoms with Crippen molar-refractivity contribution in [3.8, 4) is 0 Å². The Kier molecular flexibility index (Phi) is 2.86. The smallest absolute Gasteiger partial charge is 0.171 e. The first kappa shape index (κ1) is 9.81. The van der Waals surface area contributed by atoms with Gasteiger partial charge < -0.3 is 0 Å². The highest BCUT2D eigenvalue weighted by atomic mass is 31.2. The van der Waals surface area contributed by atoms with Crippen molar-refractivity contribution in [1.29, 1.82) is 0 Å². The van der Waals surface area contributed by atoms with Crippen molar-refractivity contribution in [2.45, 2.75) is 38.8 Å². The fourth-order valence-electron chi connectivity index (χ4n) is 1.59. The molecule has 4 nitrogen and oxygen atoms in total. The van der Waals surface area contributed by atoms with Crippen molar-refractivity contribution in [2.24, 2.45) is 0 Å². The molecule has 76 valence electrons. The Bertz CT molecular complexity index is 171. The fourth-order valence-corrected chi connectivity index (χ4v) is 4.29. The summed E-state index contributed by atoms with van der Waals surface area (Å²) in [7, 11) is -1.84. The maximum Gasteiger partial charge on any atom is 0.431 e. The van der Waals surface area contributed by atoms with Gasteiger partial charge in [0.1, 0.15) is 13.2 Å². The number of rotatable bonds is 2. The van der Waals surface area contributed by atoms with Gasteiger partial charge in [-0.05, 0) is 12.8 Å². The minimum absolute atomic E-state index is 0.469. The lowest BCUT2D eigenvalue weighted by Gasteiger charge is -2.10. The lowest BCUT2D eigenvalue weighted by atomic mass is 10.3. The van der Waals surface area contributed by atoms with Gasteiger partial charge in [0.05, 0.1) is 12.1 Å². The molecule has 2 atom stereocenters. The Balaban J connectivity index is 1.93. The van der Waals surface area contributed by atoms with Crippen molar-refractivity contribution in [1.82, 2.24) is 10.2 Å². The molecule has 2 rings (SSSR count). The fraction of sp³-hybridized carbons (Fsp3) is 1.00. The predicted molar refractivity (Wildman–Crippen MR) is 53.3 cm³/mol. The Morgan fingerprint density at radius 1 is 1.08 bits per heavy atom. The van der Waals surface area contributed by atoms with Crippen LogP contribution in [-0.2, 0) is 9.05 Å². The summed E-state index contributed by atoms with van der Waals surface area (Å²) in [6, 6.07) is 0.938. The standard InChI is InChI=1S/C8H18N2O2P/c1-3-7-5-11-13(9-7)10-8(4-2)6-12-13/h7-10H,3-6H2,1-2H3/q+1/t7-,8-,13?/m1/s1. The van der Waals surface area contributed by atoms with E-state index >= 15 is 0 Å². The van der Waals surface area contributed by atoms with Crippen LogP contribution >= 0.6 is 8.02 Å². The highest BCUT2D eigenvalue weighted by Gasteiger charge is 2.56. The monoisotopic (exact) mass is 205 g/mol. The van der Waals surface area contributed by atoms with E-state index in [-0.39, 0.29) is 0 Å². The van der Waals surface area contributed by atoms with Crippen LogP contribution < -0.4 is 10.2 Å². The predicted octanol–water partition coefficient (Wildman–Crippen LogP) is 1.46. The first-order valence-corrected chi connectivity index (χ1v) is 6.64. The molecule has 0 aromatic rings. The van der Waals surface area contributed by atoms with E-state index in [2.05, 4.69) is 24.0 Å². The molecule has 0 unspecified atom stereocenters. The van der Waals surface area contributed by atoms with Gasteiger partial charge >= 0.3 is 8.02 Å². The van der Waals surface area contributed by atoms with Crippen LogP contribution in [0.5, 0.6) is 0 Å². The molecule has 1 spiro atoms. The van der Waals surface area contributed by atoms with Crippen LogP contribution in [0, 0.1) is 0 Å². The molecule has 5 heteroatoms. The number of nitrogens with one attached hydrogen (secondary N) is 2. The normalized spacial score (nSPS) is 37.4. The summed E-state index contributed by atoms with van der Waals surface area (Å²) in [5.41, 5.74) is 0. The second kappa shape index (κ2) is 3.79. The van der Waals surface area contributed by atoms with Crippen LogP contribution in [-0.4, -0.2) is 25.3 Å². The zero-order valence-corrected chi connectivity index (χ0v) is 9.14. The van der Waals surface area contributed by atoms with E-state index in [9.17, 15) is 0 Å². The summed E-state index contributed by atoms with van der Waals surface area (Å²) >= 11 is 0. The van der Waals surface area contributed by atoms with E-state index in [1.807, 2.05) is 0 Å². The summed E-state index contributed by atoms with van der Waals surface area (Å²) in [5.74, 6) is 0. The van der Waals surface area contributed by atoms with Crippen molar-refractivity contribution < 1.29 is 9.05 Å². The van der Waals surface area contributed by atoms with Crippen molar-refractivity contribution in [3.05, 3.63) is 0 Å². The molecule has 0 aromatic heterocycles. The quantitative estimate of drug-likeness (QED) is 0.670. The van der Waals surface area contributed by atoms with Crippen LogP contribution in [0.3, 0.4) is 0 Å². The Hall–Kier alpha value is 0.270. The van der Waals surface area contributed by atoms with E-state index in [0.717, 1.165) is 26.1 Å². The summed E-state index contributed by atoms with van der Waals surface area (Å²) < 4.78 is 11.4. The van der Waals surface area contributed by atoms with Gasteiger partial charge in [-0.25, -0.2) is 0 Å². The molecule has 0 amide bonds. The second-order valence-corrected chi connectivity index (χ2v) is 5.75. The molecule has 2 heterocycles. The van der Waals surface area contributed by atoms with Crippen LogP contribution in [0.15, 0.2) is 0 Å². The summed E-state index contributed by atoms with van der Waals surface area (Å²) in [6.07, 6.45) is 2.20. The molecular weight excluding hydrogens is 187 g/mol. The van der Waals surface area contributed by atoms with E-state index < -0.39 is 8.02 Å². The van der Waals surface area contributed by atoms with Gasteiger partial charge in [-0.2, -0.15) is 9.05 Å². The molecule has 2 N–H and O–H groups in total. The maximum atomic E-state index is 5.70. The summed E-state index contributed by atoms with van der Waals surface area (Å²) in [5, 5.41) is 6.87. The molecule has 2 fully saturated rings. The molecular formula is C8H18N2O2P+. The highest BCUT2D eigenvalue weighted by molar-refractivity contribution is 7.63. The zero-order chi connectivity index (χ0) is 9.31. The van der Waals surface area contributed by atoms with E-state index in [1.54, 1.807) is 0 Å². The molecule has 2 saturated heterocycles. The first-order chi connectivity index (χ1) is 6.28. The van der Waals surface area contributed by atoms with Gasteiger partial charge in [0, 0.05) is 0 Å². The van der Waals surface area contributed by atoms with Gasteiger partial charge in [0.25, 0.3) is 0 Å². The lowest BCUT2D eigenvalue weighted by Crippen LogP contribution is -2.29. The molecule has 2 aliphatic rings. The molecule has 0 aromatic carbocycles. The maximum absolute atomic E-state index is 5.70. The SMILES string of the molecule is CC[C@@H]1CO[P+]2(N1)N[C@H](CC)CO2. The van der Waals surface area contributed by atoms with Gasteiger partial charge in [-0.1, -0.05) is 13.8 Å².